The monoisotopic (exact) mass is 334 g/mol. The second kappa shape index (κ2) is 4.61. The SMILES string of the molecule is Cc1cc(NC(=O)C(C)(C)Br)ncc1Br. The molecule has 0 saturated carbocycles. The van der Waals surface area contributed by atoms with Crippen LogP contribution in [0, 0.1) is 6.92 Å². The minimum atomic E-state index is -0.588. The van der Waals surface area contributed by atoms with Crippen molar-refractivity contribution < 1.29 is 4.79 Å². The van der Waals surface area contributed by atoms with Crippen molar-refractivity contribution in [3.05, 3.63) is 22.3 Å². The Bertz CT molecular complexity index is 385. The van der Waals surface area contributed by atoms with Crippen LogP contribution in [0.2, 0.25) is 0 Å². The van der Waals surface area contributed by atoms with E-state index in [1.165, 1.54) is 0 Å². The lowest BCUT2D eigenvalue weighted by molar-refractivity contribution is -0.117. The maximum Gasteiger partial charge on any atom is 0.241 e. The molecule has 0 aliphatic carbocycles. The van der Waals surface area contributed by atoms with Gasteiger partial charge in [0.1, 0.15) is 5.82 Å². The zero-order valence-electron chi connectivity index (χ0n) is 8.77. The quantitative estimate of drug-likeness (QED) is 0.843. The van der Waals surface area contributed by atoms with E-state index in [1.807, 2.05) is 13.0 Å². The summed E-state index contributed by atoms with van der Waals surface area (Å²) in [6.45, 7) is 5.52. The Morgan fingerprint density at radius 3 is 2.60 bits per heavy atom. The van der Waals surface area contributed by atoms with Gasteiger partial charge in [0.05, 0.1) is 4.32 Å². The van der Waals surface area contributed by atoms with E-state index in [0.717, 1.165) is 10.0 Å². The van der Waals surface area contributed by atoms with Crippen molar-refractivity contribution in [2.75, 3.05) is 5.32 Å². The van der Waals surface area contributed by atoms with E-state index in [9.17, 15) is 4.79 Å². The van der Waals surface area contributed by atoms with Gasteiger partial charge in [0.2, 0.25) is 5.91 Å². The van der Waals surface area contributed by atoms with E-state index in [-0.39, 0.29) is 5.91 Å². The van der Waals surface area contributed by atoms with Gasteiger partial charge in [-0.3, -0.25) is 4.79 Å². The Balaban J connectivity index is 2.83. The zero-order valence-corrected chi connectivity index (χ0v) is 11.9. The number of nitrogens with one attached hydrogen (secondary N) is 1. The third-order valence-corrected chi connectivity index (χ3v) is 3.02. The first-order valence-electron chi connectivity index (χ1n) is 4.43. The highest BCUT2D eigenvalue weighted by Gasteiger charge is 2.23. The number of aryl methyl sites for hydroxylation is 1. The summed E-state index contributed by atoms with van der Waals surface area (Å²) in [6.07, 6.45) is 1.67. The van der Waals surface area contributed by atoms with Gasteiger partial charge >= 0.3 is 0 Å². The first-order chi connectivity index (χ1) is 6.80. The number of anilines is 1. The van der Waals surface area contributed by atoms with Crippen LogP contribution in [0.4, 0.5) is 5.82 Å². The first-order valence-corrected chi connectivity index (χ1v) is 6.02. The molecule has 5 heteroatoms. The third kappa shape index (κ3) is 3.57. The van der Waals surface area contributed by atoms with Gasteiger partial charge in [-0.15, -0.1) is 0 Å². The fourth-order valence-electron chi connectivity index (χ4n) is 0.873. The van der Waals surface area contributed by atoms with Crippen LogP contribution in [0.5, 0.6) is 0 Å². The van der Waals surface area contributed by atoms with Gasteiger partial charge in [-0.2, -0.15) is 0 Å². The molecule has 1 aromatic rings. The second-order valence-corrected chi connectivity index (χ2v) is 6.58. The number of hydrogen-bond acceptors (Lipinski definition) is 2. The Hall–Kier alpha value is -0.420. The zero-order chi connectivity index (χ0) is 11.6. The lowest BCUT2D eigenvalue weighted by Gasteiger charge is -2.15. The molecular formula is C10H12Br2N2O. The molecule has 0 aliphatic heterocycles. The normalized spacial score (nSPS) is 11.3. The molecule has 0 radical (unpaired) electrons. The average molecular weight is 336 g/mol. The number of carbonyl (C=O) groups excluding carboxylic acids is 1. The first kappa shape index (κ1) is 12.6. The van der Waals surface area contributed by atoms with Crippen LogP contribution in [-0.2, 0) is 4.79 Å². The van der Waals surface area contributed by atoms with Crippen molar-refractivity contribution in [3.63, 3.8) is 0 Å². The van der Waals surface area contributed by atoms with Gasteiger partial charge < -0.3 is 5.32 Å². The maximum absolute atomic E-state index is 11.6. The molecule has 0 aliphatic rings. The van der Waals surface area contributed by atoms with Gasteiger partial charge in [0, 0.05) is 10.7 Å². The van der Waals surface area contributed by atoms with Gasteiger partial charge in [0.15, 0.2) is 0 Å². The number of aromatic nitrogens is 1. The van der Waals surface area contributed by atoms with E-state index < -0.39 is 4.32 Å². The molecule has 0 bridgehead atoms. The van der Waals surface area contributed by atoms with Crippen LogP contribution in [0.25, 0.3) is 0 Å². The van der Waals surface area contributed by atoms with Crippen LogP contribution < -0.4 is 5.32 Å². The fraction of sp³-hybridized carbons (Fsp3) is 0.400. The number of alkyl halides is 1. The minimum absolute atomic E-state index is 0.114. The Morgan fingerprint density at radius 2 is 2.13 bits per heavy atom. The highest BCUT2D eigenvalue weighted by atomic mass is 79.9. The van der Waals surface area contributed by atoms with Gasteiger partial charge in [-0.1, -0.05) is 15.9 Å². The molecule has 1 rings (SSSR count). The minimum Gasteiger partial charge on any atom is -0.309 e. The van der Waals surface area contributed by atoms with E-state index in [4.69, 9.17) is 0 Å². The molecule has 1 amide bonds. The average Bonchev–Trinajstić information content (AvgIpc) is 2.10. The van der Waals surface area contributed by atoms with Crippen molar-refractivity contribution in [1.29, 1.82) is 0 Å². The number of carbonyl (C=O) groups is 1. The number of hydrogen-bond donors (Lipinski definition) is 1. The van der Waals surface area contributed by atoms with Crippen LogP contribution in [-0.4, -0.2) is 15.2 Å². The van der Waals surface area contributed by atoms with Gasteiger partial charge in [0.25, 0.3) is 0 Å². The topological polar surface area (TPSA) is 42.0 Å². The Labute approximate surface area is 106 Å². The predicted molar refractivity (Wildman–Crippen MR) is 68.3 cm³/mol. The van der Waals surface area contributed by atoms with Gasteiger partial charge in [-0.25, -0.2) is 4.98 Å². The lowest BCUT2D eigenvalue weighted by atomic mass is 10.2. The number of amides is 1. The van der Waals surface area contributed by atoms with E-state index in [2.05, 4.69) is 42.2 Å². The maximum atomic E-state index is 11.6. The highest BCUT2D eigenvalue weighted by molar-refractivity contribution is 9.10. The van der Waals surface area contributed by atoms with Crippen molar-refractivity contribution in [2.24, 2.45) is 0 Å². The molecule has 1 heterocycles. The summed E-state index contributed by atoms with van der Waals surface area (Å²) >= 11 is 6.64. The molecule has 0 aromatic carbocycles. The van der Waals surface area contributed by atoms with Crippen molar-refractivity contribution in [3.8, 4) is 0 Å². The van der Waals surface area contributed by atoms with Crippen LogP contribution in [0.15, 0.2) is 16.7 Å². The molecule has 3 nitrogen and oxygen atoms in total. The summed E-state index contributed by atoms with van der Waals surface area (Å²) in [5.41, 5.74) is 1.03. The van der Waals surface area contributed by atoms with Crippen LogP contribution in [0.1, 0.15) is 19.4 Å². The van der Waals surface area contributed by atoms with Crippen LogP contribution >= 0.6 is 31.9 Å². The molecule has 0 unspecified atom stereocenters. The second-order valence-electron chi connectivity index (χ2n) is 3.75. The number of nitrogens with zero attached hydrogens (tertiary/aromatic N) is 1. The highest BCUT2D eigenvalue weighted by Crippen LogP contribution is 2.20. The molecule has 0 fully saturated rings. The number of halogens is 2. The predicted octanol–water partition coefficient (Wildman–Crippen LogP) is 3.26. The van der Waals surface area contributed by atoms with Crippen molar-refractivity contribution >= 4 is 43.6 Å². The lowest BCUT2D eigenvalue weighted by Crippen LogP contribution is -2.31. The van der Waals surface area contributed by atoms with E-state index >= 15 is 0 Å². The summed E-state index contributed by atoms with van der Waals surface area (Å²) in [7, 11) is 0. The molecule has 1 N–H and O–H groups in total. The molecule has 82 valence electrons. The molecule has 1 aromatic heterocycles. The molecule has 15 heavy (non-hydrogen) atoms. The smallest absolute Gasteiger partial charge is 0.241 e. The van der Waals surface area contributed by atoms with Gasteiger partial charge in [-0.05, 0) is 48.3 Å². The Morgan fingerprint density at radius 1 is 1.53 bits per heavy atom. The molecule has 0 saturated heterocycles. The summed E-state index contributed by atoms with van der Waals surface area (Å²) in [5, 5.41) is 2.73. The largest absolute Gasteiger partial charge is 0.309 e. The third-order valence-electron chi connectivity index (χ3n) is 1.83. The molecule has 0 spiro atoms. The summed E-state index contributed by atoms with van der Waals surface area (Å²) in [6, 6.07) is 1.82. The van der Waals surface area contributed by atoms with Crippen molar-refractivity contribution in [1.82, 2.24) is 4.98 Å². The van der Waals surface area contributed by atoms with E-state index in [0.29, 0.717) is 5.82 Å². The summed E-state index contributed by atoms with van der Waals surface area (Å²) < 4.78 is 0.342. The van der Waals surface area contributed by atoms with Crippen molar-refractivity contribution in [2.45, 2.75) is 25.1 Å². The number of pyridine rings is 1. The molecular weight excluding hydrogens is 324 g/mol. The van der Waals surface area contributed by atoms with E-state index in [1.54, 1.807) is 20.0 Å². The Kier molecular flexibility index (Phi) is 3.89. The standard InChI is InChI=1S/C10H12Br2N2O/c1-6-4-8(13-5-7(6)11)14-9(15)10(2,3)12/h4-5H,1-3H3,(H,13,14,15). The number of rotatable bonds is 2. The van der Waals surface area contributed by atoms with Crippen LogP contribution in [0.3, 0.4) is 0 Å². The summed E-state index contributed by atoms with van der Waals surface area (Å²) in [4.78, 5) is 15.7. The summed E-state index contributed by atoms with van der Waals surface area (Å²) in [5.74, 6) is 0.449. The fourth-order valence-corrected chi connectivity index (χ4v) is 1.19. The molecule has 0 atom stereocenters.